The minimum Gasteiger partial charge on any atom is -0.357 e. The van der Waals surface area contributed by atoms with E-state index in [2.05, 4.69) is 14.9 Å². The Labute approximate surface area is 76.6 Å². The SMILES string of the molecule is FCc1cc(N2CCCC2)ncn1. The van der Waals surface area contributed by atoms with Crippen LogP contribution in [0.25, 0.3) is 0 Å². The molecule has 2 rings (SSSR count). The smallest absolute Gasteiger partial charge is 0.132 e. The summed E-state index contributed by atoms with van der Waals surface area (Å²) in [6.45, 7) is 1.55. The largest absolute Gasteiger partial charge is 0.357 e. The Bertz CT molecular complexity index is 284. The third kappa shape index (κ3) is 1.76. The molecule has 1 aromatic heterocycles. The molecule has 0 saturated carbocycles. The molecule has 0 aromatic carbocycles. The lowest BCUT2D eigenvalue weighted by molar-refractivity contribution is 0.475. The molecule has 1 aliphatic heterocycles. The number of hydrogen-bond donors (Lipinski definition) is 0. The van der Waals surface area contributed by atoms with Gasteiger partial charge in [0.25, 0.3) is 0 Å². The first-order valence-electron chi connectivity index (χ1n) is 4.52. The molecule has 1 aromatic rings. The van der Waals surface area contributed by atoms with E-state index in [1.807, 2.05) is 0 Å². The maximum Gasteiger partial charge on any atom is 0.132 e. The number of anilines is 1. The van der Waals surface area contributed by atoms with Crippen LogP contribution >= 0.6 is 0 Å². The molecule has 1 fully saturated rings. The Morgan fingerprint density at radius 2 is 2.08 bits per heavy atom. The van der Waals surface area contributed by atoms with Gasteiger partial charge in [-0.25, -0.2) is 14.4 Å². The van der Waals surface area contributed by atoms with Crippen LogP contribution in [0.2, 0.25) is 0 Å². The predicted octanol–water partition coefficient (Wildman–Crippen LogP) is 1.55. The topological polar surface area (TPSA) is 29.0 Å². The Kier molecular flexibility index (Phi) is 2.38. The summed E-state index contributed by atoms with van der Waals surface area (Å²) in [4.78, 5) is 10.1. The van der Waals surface area contributed by atoms with Gasteiger partial charge in [-0.1, -0.05) is 0 Å². The van der Waals surface area contributed by atoms with Gasteiger partial charge in [0.15, 0.2) is 0 Å². The fraction of sp³-hybridized carbons (Fsp3) is 0.556. The number of rotatable bonds is 2. The Morgan fingerprint density at radius 3 is 2.77 bits per heavy atom. The molecule has 0 radical (unpaired) electrons. The van der Waals surface area contributed by atoms with E-state index in [1.54, 1.807) is 6.07 Å². The molecule has 70 valence electrons. The van der Waals surface area contributed by atoms with Crippen LogP contribution in [-0.2, 0) is 6.67 Å². The van der Waals surface area contributed by atoms with E-state index in [0.717, 1.165) is 18.9 Å². The van der Waals surface area contributed by atoms with Crippen LogP contribution in [0, 0.1) is 0 Å². The molecule has 2 heterocycles. The van der Waals surface area contributed by atoms with Gasteiger partial charge < -0.3 is 4.90 Å². The van der Waals surface area contributed by atoms with E-state index in [1.165, 1.54) is 19.2 Å². The van der Waals surface area contributed by atoms with Gasteiger partial charge in [-0.2, -0.15) is 0 Å². The van der Waals surface area contributed by atoms with E-state index in [-0.39, 0.29) is 0 Å². The van der Waals surface area contributed by atoms with Crippen molar-refractivity contribution in [1.82, 2.24) is 9.97 Å². The summed E-state index contributed by atoms with van der Waals surface area (Å²) in [5, 5.41) is 0. The Hall–Kier alpha value is -1.19. The highest BCUT2D eigenvalue weighted by atomic mass is 19.1. The molecule has 1 saturated heterocycles. The van der Waals surface area contributed by atoms with Crippen LogP contribution in [0.3, 0.4) is 0 Å². The molecule has 13 heavy (non-hydrogen) atoms. The minimum atomic E-state index is -0.511. The average Bonchev–Trinajstić information content (AvgIpc) is 2.71. The summed E-state index contributed by atoms with van der Waals surface area (Å²) in [5.74, 6) is 0.861. The van der Waals surface area contributed by atoms with Gasteiger partial charge in [0.05, 0.1) is 5.69 Å². The number of nitrogens with zero attached hydrogens (tertiary/aromatic N) is 3. The normalized spacial score (nSPS) is 16.5. The second-order valence-corrected chi connectivity index (χ2v) is 3.20. The zero-order valence-electron chi connectivity index (χ0n) is 7.41. The summed E-state index contributed by atoms with van der Waals surface area (Å²) in [7, 11) is 0. The minimum absolute atomic E-state index is 0.469. The van der Waals surface area contributed by atoms with Crippen molar-refractivity contribution < 1.29 is 4.39 Å². The van der Waals surface area contributed by atoms with Crippen molar-refractivity contribution in [3.8, 4) is 0 Å². The van der Waals surface area contributed by atoms with Gasteiger partial charge >= 0.3 is 0 Å². The monoisotopic (exact) mass is 181 g/mol. The zero-order valence-corrected chi connectivity index (χ0v) is 7.41. The maximum atomic E-state index is 12.3. The number of halogens is 1. The molecule has 0 unspecified atom stereocenters. The Morgan fingerprint density at radius 1 is 1.31 bits per heavy atom. The van der Waals surface area contributed by atoms with Gasteiger partial charge in [0, 0.05) is 19.2 Å². The van der Waals surface area contributed by atoms with E-state index in [9.17, 15) is 4.39 Å². The van der Waals surface area contributed by atoms with Gasteiger partial charge in [0.1, 0.15) is 18.8 Å². The molecular weight excluding hydrogens is 169 g/mol. The summed E-state index contributed by atoms with van der Waals surface area (Å²) in [5.41, 5.74) is 0.469. The van der Waals surface area contributed by atoms with Crippen molar-refractivity contribution in [2.24, 2.45) is 0 Å². The first kappa shape index (κ1) is 8.41. The van der Waals surface area contributed by atoms with E-state index in [0.29, 0.717) is 5.69 Å². The molecule has 0 atom stereocenters. The number of alkyl halides is 1. The van der Waals surface area contributed by atoms with Gasteiger partial charge in [0.2, 0.25) is 0 Å². The van der Waals surface area contributed by atoms with Gasteiger partial charge in [-0.3, -0.25) is 0 Å². The highest BCUT2D eigenvalue weighted by molar-refractivity contribution is 5.39. The van der Waals surface area contributed by atoms with Crippen molar-refractivity contribution in [3.05, 3.63) is 18.1 Å². The lowest BCUT2D eigenvalue weighted by atomic mass is 10.4. The highest BCUT2D eigenvalue weighted by Crippen LogP contribution is 2.17. The molecule has 0 bridgehead atoms. The van der Waals surface area contributed by atoms with Crippen LogP contribution in [-0.4, -0.2) is 23.1 Å². The third-order valence-corrected chi connectivity index (χ3v) is 2.28. The van der Waals surface area contributed by atoms with E-state index < -0.39 is 6.67 Å². The van der Waals surface area contributed by atoms with Gasteiger partial charge in [-0.15, -0.1) is 0 Å². The van der Waals surface area contributed by atoms with Crippen LogP contribution in [0.1, 0.15) is 18.5 Å². The Balaban J connectivity index is 2.18. The maximum absolute atomic E-state index is 12.3. The zero-order chi connectivity index (χ0) is 9.10. The van der Waals surface area contributed by atoms with Crippen molar-refractivity contribution >= 4 is 5.82 Å². The lowest BCUT2D eigenvalue weighted by Crippen LogP contribution is -2.19. The second-order valence-electron chi connectivity index (χ2n) is 3.20. The first-order valence-corrected chi connectivity index (χ1v) is 4.52. The molecule has 0 aliphatic carbocycles. The standard InChI is InChI=1S/C9H12FN3/c10-6-8-5-9(12-7-11-8)13-3-1-2-4-13/h5,7H,1-4,6H2. The molecular formula is C9H12FN3. The van der Waals surface area contributed by atoms with E-state index in [4.69, 9.17) is 0 Å². The first-order chi connectivity index (χ1) is 6.40. The molecule has 0 amide bonds. The summed E-state index contributed by atoms with van der Waals surface area (Å²) in [6.07, 6.45) is 3.84. The van der Waals surface area contributed by atoms with Crippen LogP contribution in [0.4, 0.5) is 10.2 Å². The average molecular weight is 181 g/mol. The van der Waals surface area contributed by atoms with Crippen LogP contribution in [0.15, 0.2) is 12.4 Å². The summed E-state index contributed by atoms with van der Waals surface area (Å²) >= 11 is 0. The van der Waals surface area contributed by atoms with E-state index >= 15 is 0 Å². The molecule has 3 nitrogen and oxygen atoms in total. The quantitative estimate of drug-likeness (QED) is 0.693. The fourth-order valence-corrected chi connectivity index (χ4v) is 1.58. The highest BCUT2D eigenvalue weighted by Gasteiger charge is 2.13. The molecule has 1 aliphatic rings. The number of hydrogen-bond acceptors (Lipinski definition) is 3. The van der Waals surface area contributed by atoms with Crippen molar-refractivity contribution in [3.63, 3.8) is 0 Å². The van der Waals surface area contributed by atoms with Gasteiger partial charge in [-0.05, 0) is 12.8 Å². The molecule has 4 heteroatoms. The fourth-order valence-electron chi connectivity index (χ4n) is 1.58. The number of aromatic nitrogens is 2. The third-order valence-electron chi connectivity index (χ3n) is 2.28. The lowest BCUT2D eigenvalue weighted by Gasteiger charge is -2.15. The summed E-state index contributed by atoms with van der Waals surface area (Å²) < 4.78 is 12.3. The molecule has 0 spiro atoms. The van der Waals surface area contributed by atoms with Crippen LogP contribution < -0.4 is 4.90 Å². The second kappa shape index (κ2) is 3.68. The van der Waals surface area contributed by atoms with Crippen molar-refractivity contribution in [2.75, 3.05) is 18.0 Å². The predicted molar refractivity (Wildman–Crippen MR) is 48.3 cm³/mol. The molecule has 0 N–H and O–H groups in total. The van der Waals surface area contributed by atoms with Crippen LogP contribution in [0.5, 0.6) is 0 Å². The van der Waals surface area contributed by atoms with Crippen molar-refractivity contribution in [1.29, 1.82) is 0 Å². The summed E-state index contributed by atoms with van der Waals surface area (Å²) in [6, 6.07) is 1.73. The van der Waals surface area contributed by atoms with Crippen molar-refractivity contribution in [2.45, 2.75) is 19.5 Å².